The highest BCUT2D eigenvalue weighted by molar-refractivity contribution is 7.91. The maximum Gasteiger partial charge on any atom is 0.410 e. The van der Waals surface area contributed by atoms with Crippen LogP contribution in [0.3, 0.4) is 0 Å². The SMILES string of the molecule is CC(C)(C)OC(=O)N1CCCC[C@H]1CS(=O)(=O)c1cnc2cc([N+](=O)[O-])ccc2n1. The van der Waals surface area contributed by atoms with Crippen LogP contribution in [0, 0.1) is 10.1 Å². The number of rotatable bonds is 4. The number of nitro groups is 1. The van der Waals surface area contributed by atoms with Gasteiger partial charge in [0, 0.05) is 24.7 Å². The molecule has 30 heavy (non-hydrogen) atoms. The molecule has 1 aliphatic heterocycles. The first-order chi connectivity index (χ1) is 14.0. The van der Waals surface area contributed by atoms with E-state index < -0.39 is 32.5 Å². The van der Waals surface area contributed by atoms with Gasteiger partial charge in [0.15, 0.2) is 14.9 Å². The van der Waals surface area contributed by atoms with Crippen molar-refractivity contribution in [3.05, 3.63) is 34.5 Å². The van der Waals surface area contributed by atoms with Gasteiger partial charge in [0.05, 0.1) is 27.9 Å². The van der Waals surface area contributed by atoms with Crippen LogP contribution in [0.15, 0.2) is 29.4 Å². The normalized spacial score (nSPS) is 17.7. The fourth-order valence-electron chi connectivity index (χ4n) is 3.32. The molecule has 0 radical (unpaired) electrons. The molecule has 1 saturated heterocycles. The predicted octanol–water partition coefficient (Wildman–Crippen LogP) is 3.10. The van der Waals surface area contributed by atoms with Crippen molar-refractivity contribution in [3.63, 3.8) is 0 Å². The van der Waals surface area contributed by atoms with E-state index in [2.05, 4.69) is 9.97 Å². The Bertz CT molecular complexity index is 1080. The molecule has 1 atom stereocenters. The summed E-state index contributed by atoms with van der Waals surface area (Å²) in [5.74, 6) is -0.292. The Hall–Kier alpha value is -2.82. The van der Waals surface area contributed by atoms with Crippen LogP contribution >= 0.6 is 0 Å². The number of piperidine rings is 1. The fraction of sp³-hybridized carbons (Fsp3) is 0.526. The third-order valence-electron chi connectivity index (χ3n) is 4.70. The fourth-order valence-corrected chi connectivity index (χ4v) is 4.79. The molecule has 2 aromatic rings. The molecular weight excluding hydrogens is 412 g/mol. The van der Waals surface area contributed by atoms with Gasteiger partial charge in [0.25, 0.3) is 5.69 Å². The molecule has 0 bridgehead atoms. The van der Waals surface area contributed by atoms with Gasteiger partial charge in [-0.2, -0.15) is 0 Å². The number of carbonyl (C=O) groups excluding carboxylic acids is 1. The Balaban J connectivity index is 1.84. The molecule has 11 heteroatoms. The highest BCUT2D eigenvalue weighted by Gasteiger charge is 2.34. The van der Waals surface area contributed by atoms with Crippen molar-refractivity contribution in [2.24, 2.45) is 0 Å². The van der Waals surface area contributed by atoms with Crippen molar-refractivity contribution in [3.8, 4) is 0 Å². The molecule has 1 aliphatic rings. The molecule has 0 saturated carbocycles. The number of amides is 1. The average Bonchev–Trinajstić information content (AvgIpc) is 2.65. The summed E-state index contributed by atoms with van der Waals surface area (Å²) >= 11 is 0. The third kappa shape index (κ3) is 5.02. The lowest BCUT2D eigenvalue weighted by Gasteiger charge is -2.36. The molecule has 1 aromatic heterocycles. The van der Waals surface area contributed by atoms with E-state index in [0.717, 1.165) is 19.0 Å². The van der Waals surface area contributed by atoms with E-state index in [-0.39, 0.29) is 27.5 Å². The molecule has 162 valence electrons. The van der Waals surface area contributed by atoms with E-state index >= 15 is 0 Å². The van der Waals surface area contributed by atoms with Crippen LogP contribution in [-0.2, 0) is 14.6 Å². The van der Waals surface area contributed by atoms with Crippen LogP contribution in [-0.4, -0.2) is 58.2 Å². The molecule has 3 rings (SSSR count). The Kier molecular flexibility index (Phi) is 5.93. The summed E-state index contributed by atoms with van der Waals surface area (Å²) in [5.41, 5.74) is -0.349. The smallest absolute Gasteiger partial charge is 0.410 e. The highest BCUT2D eigenvalue weighted by Crippen LogP contribution is 2.24. The van der Waals surface area contributed by atoms with Crippen molar-refractivity contribution in [1.82, 2.24) is 14.9 Å². The van der Waals surface area contributed by atoms with E-state index in [1.807, 2.05) is 0 Å². The second kappa shape index (κ2) is 8.13. The van der Waals surface area contributed by atoms with Gasteiger partial charge in [-0.3, -0.25) is 15.1 Å². The summed E-state index contributed by atoms with van der Waals surface area (Å²) in [7, 11) is -3.84. The van der Waals surface area contributed by atoms with Crippen LogP contribution in [0.25, 0.3) is 11.0 Å². The second-order valence-electron chi connectivity index (χ2n) is 8.24. The maximum absolute atomic E-state index is 13.0. The highest BCUT2D eigenvalue weighted by atomic mass is 32.2. The topological polar surface area (TPSA) is 133 Å². The number of sulfone groups is 1. The van der Waals surface area contributed by atoms with Crippen LogP contribution in [0.4, 0.5) is 10.5 Å². The van der Waals surface area contributed by atoms with Crippen LogP contribution < -0.4 is 0 Å². The number of hydrogen-bond donors (Lipinski definition) is 0. The molecule has 2 heterocycles. The van der Waals surface area contributed by atoms with Crippen LogP contribution in [0.2, 0.25) is 0 Å². The number of nitro benzene ring substituents is 1. The Labute approximate surface area is 174 Å². The Morgan fingerprint density at radius 2 is 2.03 bits per heavy atom. The first-order valence-corrected chi connectivity index (χ1v) is 11.2. The third-order valence-corrected chi connectivity index (χ3v) is 6.36. The molecule has 1 amide bonds. The first kappa shape index (κ1) is 21.9. The number of carbonyl (C=O) groups is 1. The largest absolute Gasteiger partial charge is 0.444 e. The second-order valence-corrected chi connectivity index (χ2v) is 10.2. The van der Waals surface area contributed by atoms with Gasteiger partial charge in [0.1, 0.15) is 5.60 Å². The summed E-state index contributed by atoms with van der Waals surface area (Å²) in [6.07, 6.45) is 2.71. The zero-order valence-corrected chi connectivity index (χ0v) is 17.9. The number of likely N-dealkylation sites (tertiary alicyclic amines) is 1. The van der Waals surface area contributed by atoms with Gasteiger partial charge in [-0.15, -0.1) is 0 Å². The first-order valence-electron chi connectivity index (χ1n) is 9.60. The van der Waals surface area contributed by atoms with Crippen molar-refractivity contribution in [1.29, 1.82) is 0 Å². The Morgan fingerprint density at radius 1 is 1.30 bits per heavy atom. The molecule has 0 N–H and O–H groups in total. The minimum atomic E-state index is -3.84. The number of fused-ring (bicyclic) bond motifs is 1. The lowest BCUT2D eigenvalue weighted by Crippen LogP contribution is -2.49. The maximum atomic E-state index is 13.0. The van der Waals surface area contributed by atoms with E-state index in [1.54, 1.807) is 20.8 Å². The van der Waals surface area contributed by atoms with Crippen molar-refractivity contribution in [2.75, 3.05) is 12.3 Å². The molecule has 10 nitrogen and oxygen atoms in total. The number of hydrogen-bond acceptors (Lipinski definition) is 8. The minimum absolute atomic E-state index is 0.150. The number of aromatic nitrogens is 2. The summed E-state index contributed by atoms with van der Waals surface area (Å²) in [6, 6.07) is 3.34. The standard InChI is InChI=1S/C19H24N4O6S/c1-19(2,3)29-18(24)22-9-5-4-6-14(22)12-30(27,28)17-11-20-16-10-13(23(25)26)7-8-15(16)21-17/h7-8,10-11,14H,4-6,9,12H2,1-3H3/t14-/m0/s1. The number of ether oxygens (including phenoxy) is 1. The minimum Gasteiger partial charge on any atom is -0.444 e. The summed E-state index contributed by atoms with van der Waals surface area (Å²) in [5, 5.41) is 10.7. The van der Waals surface area contributed by atoms with E-state index in [1.165, 1.54) is 23.1 Å². The predicted molar refractivity (Wildman–Crippen MR) is 109 cm³/mol. The summed E-state index contributed by atoms with van der Waals surface area (Å²) < 4.78 is 31.4. The molecule has 1 aromatic carbocycles. The van der Waals surface area contributed by atoms with E-state index in [9.17, 15) is 23.3 Å². The van der Waals surface area contributed by atoms with Crippen molar-refractivity contribution >= 4 is 32.7 Å². The van der Waals surface area contributed by atoms with Crippen LogP contribution in [0.5, 0.6) is 0 Å². The lowest BCUT2D eigenvalue weighted by molar-refractivity contribution is -0.384. The average molecular weight is 436 g/mol. The number of benzene rings is 1. The molecule has 1 fully saturated rings. The monoisotopic (exact) mass is 436 g/mol. The quantitative estimate of drug-likeness (QED) is 0.527. The van der Waals surface area contributed by atoms with Gasteiger partial charge in [-0.1, -0.05) is 0 Å². The lowest BCUT2D eigenvalue weighted by atomic mass is 10.0. The molecule has 0 spiro atoms. The van der Waals surface area contributed by atoms with Crippen LogP contribution in [0.1, 0.15) is 40.0 Å². The zero-order chi connectivity index (χ0) is 22.1. The molecule has 0 aliphatic carbocycles. The Morgan fingerprint density at radius 3 is 2.70 bits per heavy atom. The van der Waals surface area contributed by atoms with Crippen molar-refractivity contribution in [2.45, 2.75) is 56.7 Å². The van der Waals surface area contributed by atoms with Crippen molar-refractivity contribution < 1.29 is 22.9 Å². The van der Waals surface area contributed by atoms with Gasteiger partial charge >= 0.3 is 6.09 Å². The number of nitrogens with zero attached hydrogens (tertiary/aromatic N) is 4. The molecule has 0 unspecified atom stereocenters. The summed E-state index contributed by atoms with van der Waals surface area (Å²) in [6.45, 7) is 5.71. The zero-order valence-electron chi connectivity index (χ0n) is 17.1. The van der Waals surface area contributed by atoms with Gasteiger partial charge in [-0.05, 0) is 46.1 Å². The van der Waals surface area contributed by atoms with Gasteiger partial charge in [0.2, 0.25) is 0 Å². The van der Waals surface area contributed by atoms with Gasteiger partial charge < -0.3 is 9.64 Å². The summed E-state index contributed by atoms with van der Waals surface area (Å²) in [4.78, 5) is 32.5. The van der Waals surface area contributed by atoms with E-state index in [4.69, 9.17) is 4.74 Å². The van der Waals surface area contributed by atoms with Gasteiger partial charge in [-0.25, -0.2) is 18.2 Å². The molecular formula is C19H24N4O6S. The van der Waals surface area contributed by atoms with E-state index in [0.29, 0.717) is 13.0 Å². The number of non-ortho nitro benzene ring substituents is 1.